The lowest BCUT2D eigenvalue weighted by Gasteiger charge is -2.18. The topological polar surface area (TPSA) is 63.4 Å². The van der Waals surface area contributed by atoms with Gasteiger partial charge in [-0.1, -0.05) is 23.7 Å². The van der Waals surface area contributed by atoms with Crippen LogP contribution in [-0.2, 0) is 16.1 Å². The van der Waals surface area contributed by atoms with Crippen molar-refractivity contribution in [3.05, 3.63) is 34.9 Å². The van der Waals surface area contributed by atoms with Crippen LogP contribution in [0.3, 0.4) is 0 Å². The summed E-state index contributed by atoms with van der Waals surface area (Å²) in [5.41, 5.74) is 6.43. The number of hydrogen-bond acceptors (Lipinski definition) is 3. The molecule has 2 N–H and O–H groups in total. The van der Waals surface area contributed by atoms with Crippen molar-refractivity contribution in [2.45, 2.75) is 6.54 Å². The fraction of sp³-hybridized carbons (Fsp3) is 0.385. The summed E-state index contributed by atoms with van der Waals surface area (Å²) in [6, 6.07) is 7.16. The number of carbonyl (C=O) groups excluding carboxylic acids is 2. The number of fused-ring (bicyclic) bond motifs is 1. The standard InChI is InChI=1S/C13H13ClN2O2/c14-8-3-1-7(2-4-8)6-16-12(17)10-9(5-15)11(10)13(16)18/h1-4,9-11H,5-6,15H2. The molecule has 0 spiro atoms. The number of nitrogens with two attached hydrogens (primary N) is 1. The molecule has 1 aliphatic heterocycles. The highest BCUT2D eigenvalue weighted by Crippen LogP contribution is 2.52. The molecule has 1 aliphatic carbocycles. The number of rotatable bonds is 3. The van der Waals surface area contributed by atoms with Gasteiger partial charge >= 0.3 is 0 Å². The molecule has 1 aromatic carbocycles. The fourth-order valence-corrected chi connectivity index (χ4v) is 2.86. The first-order valence-electron chi connectivity index (χ1n) is 5.93. The Morgan fingerprint density at radius 2 is 1.67 bits per heavy atom. The summed E-state index contributed by atoms with van der Waals surface area (Å²) >= 11 is 5.79. The second kappa shape index (κ2) is 4.07. The molecule has 2 amide bonds. The minimum absolute atomic E-state index is 0.0737. The molecule has 5 heteroatoms. The van der Waals surface area contributed by atoms with Gasteiger partial charge in [0.1, 0.15) is 0 Å². The maximum Gasteiger partial charge on any atom is 0.233 e. The van der Waals surface area contributed by atoms with E-state index in [0.717, 1.165) is 5.56 Å². The number of piperidine rings is 1. The van der Waals surface area contributed by atoms with Crippen LogP contribution in [0.2, 0.25) is 5.02 Å². The minimum atomic E-state index is -0.158. The molecular formula is C13H13ClN2O2. The second-order valence-corrected chi connectivity index (χ2v) is 5.28. The highest BCUT2D eigenvalue weighted by molar-refractivity contribution is 6.30. The normalized spacial score (nSPS) is 29.7. The SMILES string of the molecule is NCC1C2C(=O)N(Cc3ccc(Cl)cc3)C(=O)C12. The van der Waals surface area contributed by atoms with Crippen LogP contribution in [0.1, 0.15) is 5.56 Å². The zero-order chi connectivity index (χ0) is 12.9. The molecule has 1 saturated carbocycles. The molecule has 3 rings (SSSR count). The first kappa shape index (κ1) is 11.7. The van der Waals surface area contributed by atoms with Crippen molar-refractivity contribution in [3.63, 3.8) is 0 Å². The maximum atomic E-state index is 12.0. The van der Waals surface area contributed by atoms with Gasteiger partial charge in [0.25, 0.3) is 0 Å². The molecule has 0 radical (unpaired) electrons. The largest absolute Gasteiger partial charge is 0.330 e. The van der Waals surface area contributed by atoms with E-state index in [1.807, 2.05) is 12.1 Å². The van der Waals surface area contributed by atoms with Crippen LogP contribution < -0.4 is 5.73 Å². The van der Waals surface area contributed by atoms with Crippen molar-refractivity contribution in [1.29, 1.82) is 0 Å². The van der Waals surface area contributed by atoms with Crippen molar-refractivity contribution in [1.82, 2.24) is 4.90 Å². The quantitative estimate of drug-likeness (QED) is 0.830. The van der Waals surface area contributed by atoms with Gasteiger partial charge in [-0.2, -0.15) is 0 Å². The fourth-order valence-electron chi connectivity index (χ4n) is 2.74. The molecule has 2 aliphatic rings. The zero-order valence-electron chi connectivity index (χ0n) is 9.67. The molecule has 2 fully saturated rings. The Labute approximate surface area is 110 Å². The molecular weight excluding hydrogens is 252 g/mol. The summed E-state index contributed by atoms with van der Waals surface area (Å²) in [7, 11) is 0. The van der Waals surface area contributed by atoms with Gasteiger partial charge < -0.3 is 5.73 Å². The van der Waals surface area contributed by atoms with Crippen molar-refractivity contribution >= 4 is 23.4 Å². The second-order valence-electron chi connectivity index (χ2n) is 4.84. The van der Waals surface area contributed by atoms with Gasteiger partial charge in [0.05, 0.1) is 18.4 Å². The lowest BCUT2D eigenvalue weighted by Crippen LogP contribution is -2.35. The van der Waals surface area contributed by atoms with Crippen LogP contribution in [0.4, 0.5) is 0 Å². The van der Waals surface area contributed by atoms with Gasteiger partial charge in [-0.25, -0.2) is 0 Å². The van der Waals surface area contributed by atoms with Crippen LogP contribution in [0.5, 0.6) is 0 Å². The van der Waals surface area contributed by atoms with Crippen LogP contribution in [0.25, 0.3) is 0 Å². The van der Waals surface area contributed by atoms with E-state index >= 15 is 0 Å². The smallest absolute Gasteiger partial charge is 0.233 e. The van der Waals surface area contributed by atoms with Gasteiger partial charge in [0.2, 0.25) is 11.8 Å². The Hall–Kier alpha value is -1.39. The molecule has 0 bridgehead atoms. The molecule has 1 saturated heterocycles. The Morgan fingerprint density at radius 3 is 2.17 bits per heavy atom. The van der Waals surface area contributed by atoms with E-state index < -0.39 is 0 Å². The number of halogens is 1. The Morgan fingerprint density at radius 1 is 1.11 bits per heavy atom. The third-order valence-corrected chi connectivity index (χ3v) is 4.05. The van der Waals surface area contributed by atoms with Crippen LogP contribution in [-0.4, -0.2) is 23.3 Å². The summed E-state index contributed by atoms with van der Waals surface area (Å²) in [5, 5.41) is 0.642. The number of benzene rings is 1. The first-order valence-corrected chi connectivity index (χ1v) is 6.31. The van der Waals surface area contributed by atoms with Gasteiger partial charge in [0.15, 0.2) is 0 Å². The number of imide groups is 1. The van der Waals surface area contributed by atoms with Crippen LogP contribution >= 0.6 is 11.6 Å². The number of hydrogen-bond donors (Lipinski definition) is 1. The van der Waals surface area contributed by atoms with Crippen molar-refractivity contribution < 1.29 is 9.59 Å². The number of amides is 2. The monoisotopic (exact) mass is 264 g/mol. The average Bonchev–Trinajstić information content (AvgIpc) is 3.05. The number of likely N-dealkylation sites (tertiary alicyclic amines) is 1. The lowest BCUT2D eigenvalue weighted by atomic mass is 10.2. The third kappa shape index (κ3) is 1.64. The van der Waals surface area contributed by atoms with Crippen LogP contribution in [0, 0.1) is 17.8 Å². The highest BCUT2D eigenvalue weighted by atomic mass is 35.5. The van der Waals surface area contributed by atoms with E-state index in [2.05, 4.69) is 0 Å². The summed E-state index contributed by atoms with van der Waals surface area (Å²) in [6.07, 6.45) is 0. The third-order valence-electron chi connectivity index (χ3n) is 3.80. The predicted octanol–water partition coefficient (Wildman–Crippen LogP) is 1.03. The number of nitrogens with zero attached hydrogens (tertiary/aromatic N) is 1. The van der Waals surface area contributed by atoms with Crippen molar-refractivity contribution in [3.8, 4) is 0 Å². The first-order chi connectivity index (χ1) is 8.63. The van der Waals surface area contributed by atoms with E-state index in [9.17, 15) is 9.59 Å². The van der Waals surface area contributed by atoms with E-state index in [1.54, 1.807) is 12.1 Å². The summed E-state index contributed by atoms with van der Waals surface area (Å²) in [5.74, 6) is -0.387. The molecule has 1 aromatic rings. The Bertz CT molecular complexity index is 492. The molecule has 2 unspecified atom stereocenters. The van der Waals surface area contributed by atoms with Gasteiger partial charge in [-0.15, -0.1) is 0 Å². The van der Waals surface area contributed by atoms with Gasteiger partial charge in [-0.05, 0) is 30.2 Å². The lowest BCUT2D eigenvalue weighted by molar-refractivity contribution is -0.142. The maximum absolute atomic E-state index is 12.0. The Balaban J connectivity index is 1.74. The molecule has 2 atom stereocenters. The van der Waals surface area contributed by atoms with Gasteiger partial charge in [-0.3, -0.25) is 14.5 Å². The minimum Gasteiger partial charge on any atom is -0.330 e. The summed E-state index contributed by atoms with van der Waals surface area (Å²) in [4.78, 5) is 25.4. The van der Waals surface area contributed by atoms with Crippen LogP contribution in [0.15, 0.2) is 24.3 Å². The van der Waals surface area contributed by atoms with Gasteiger partial charge in [0, 0.05) is 5.02 Å². The molecule has 18 heavy (non-hydrogen) atoms. The van der Waals surface area contributed by atoms with Crippen molar-refractivity contribution in [2.24, 2.45) is 23.5 Å². The summed E-state index contributed by atoms with van der Waals surface area (Å²) in [6.45, 7) is 0.751. The van der Waals surface area contributed by atoms with Crippen molar-refractivity contribution in [2.75, 3.05) is 6.54 Å². The average molecular weight is 265 g/mol. The molecule has 94 valence electrons. The predicted molar refractivity (Wildman–Crippen MR) is 66.5 cm³/mol. The summed E-state index contributed by atoms with van der Waals surface area (Å²) < 4.78 is 0. The van der Waals surface area contributed by atoms with E-state index in [-0.39, 0.29) is 29.6 Å². The van der Waals surface area contributed by atoms with E-state index in [4.69, 9.17) is 17.3 Å². The molecule has 1 heterocycles. The van der Waals surface area contributed by atoms with E-state index in [0.29, 0.717) is 18.1 Å². The molecule has 4 nitrogen and oxygen atoms in total. The molecule has 0 aromatic heterocycles. The highest BCUT2D eigenvalue weighted by Gasteiger charge is 2.66. The number of carbonyl (C=O) groups is 2. The zero-order valence-corrected chi connectivity index (χ0v) is 10.4. The Kier molecular flexibility index (Phi) is 2.64. The van der Waals surface area contributed by atoms with E-state index in [1.165, 1.54) is 4.90 Å².